The molecule has 6 heteroatoms. The summed E-state index contributed by atoms with van der Waals surface area (Å²) in [4.78, 5) is 11.0. The van der Waals surface area contributed by atoms with Crippen molar-refractivity contribution in [1.29, 1.82) is 0 Å². The molecule has 1 fully saturated rings. The van der Waals surface area contributed by atoms with Crippen LogP contribution in [0.4, 0.5) is 0 Å². The van der Waals surface area contributed by atoms with Gasteiger partial charge in [-0.1, -0.05) is 19.1 Å². The average Bonchev–Trinajstić information content (AvgIpc) is 3.18. The first-order chi connectivity index (χ1) is 9.85. The Kier molecular flexibility index (Phi) is 4.68. The van der Waals surface area contributed by atoms with Gasteiger partial charge in [-0.15, -0.1) is 0 Å². The van der Waals surface area contributed by atoms with Crippen molar-refractivity contribution in [3.63, 3.8) is 0 Å². The van der Waals surface area contributed by atoms with Crippen LogP contribution in [-0.2, 0) is 26.1 Å². The maximum atomic E-state index is 11.1. The lowest BCUT2D eigenvalue weighted by molar-refractivity contribution is -0.143. The summed E-state index contributed by atoms with van der Waals surface area (Å²) in [6.45, 7) is 2.21. The zero-order chi connectivity index (χ0) is 15.5. The fourth-order valence-corrected chi connectivity index (χ4v) is 2.87. The Morgan fingerprint density at radius 1 is 1.29 bits per heavy atom. The molecule has 1 aliphatic carbocycles. The summed E-state index contributed by atoms with van der Waals surface area (Å²) in [7, 11) is -4.13. The summed E-state index contributed by atoms with van der Waals surface area (Å²) in [5, 5.41) is 0. The van der Waals surface area contributed by atoms with E-state index in [9.17, 15) is 13.2 Å². The van der Waals surface area contributed by atoms with E-state index in [1.165, 1.54) is 12.1 Å². The zero-order valence-electron chi connectivity index (χ0n) is 12.0. The molecule has 21 heavy (non-hydrogen) atoms. The number of benzene rings is 1. The second-order valence-electron chi connectivity index (χ2n) is 5.62. The first-order valence-corrected chi connectivity index (χ1v) is 8.51. The first-order valence-electron chi connectivity index (χ1n) is 7.07. The lowest BCUT2D eigenvalue weighted by Crippen LogP contribution is -2.12. The van der Waals surface area contributed by atoms with Crippen LogP contribution in [0, 0.1) is 5.41 Å². The molecular formula is C15H20O5S. The zero-order valence-corrected chi connectivity index (χ0v) is 12.9. The van der Waals surface area contributed by atoms with Gasteiger partial charge in [-0.25, -0.2) is 0 Å². The topological polar surface area (TPSA) is 80.7 Å². The lowest BCUT2D eigenvalue weighted by atomic mass is 9.93. The Morgan fingerprint density at radius 3 is 2.38 bits per heavy atom. The minimum atomic E-state index is -4.13. The number of carbonyl (C=O) groups excluding carboxylic acids is 1. The van der Waals surface area contributed by atoms with E-state index in [1.807, 2.05) is 0 Å². The highest BCUT2D eigenvalue weighted by molar-refractivity contribution is 7.85. The number of rotatable bonds is 7. The van der Waals surface area contributed by atoms with Gasteiger partial charge in [-0.3, -0.25) is 9.35 Å². The summed E-state index contributed by atoms with van der Waals surface area (Å²) >= 11 is 0. The fourth-order valence-electron chi connectivity index (χ4n) is 2.39. The molecule has 0 aromatic heterocycles. The van der Waals surface area contributed by atoms with Crippen LogP contribution in [0.3, 0.4) is 0 Å². The van der Waals surface area contributed by atoms with Gasteiger partial charge < -0.3 is 4.74 Å². The van der Waals surface area contributed by atoms with E-state index in [1.54, 1.807) is 19.1 Å². The number of ether oxygens (including phenoxy) is 1. The second-order valence-corrected chi connectivity index (χ2v) is 7.04. The maximum Gasteiger partial charge on any atom is 0.305 e. The van der Waals surface area contributed by atoms with Crippen molar-refractivity contribution in [2.24, 2.45) is 5.41 Å². The van der Waals surface area contributed by atoms with Crippen molar-refractivity contribution in [2.45, 2.75) is 43.9 Å². The highest BCUT2D eigenvalue weighted by Crippen LogP contribution is 2.51. The third-order valence-corrected chi connectivity index (χ3v) is 4.81. The molecule has 1 aromatic rings. The van der Waals surface area contributed by atoms with Crippen molar-refractivity contribution in [1.82, 2.24) is 0 Å². The summed E-state index contributed by atoms with van der Waals surface area (Å²) in [5.41, 5.74) is 1.20. The fraction of sp³-hybridized carbons (Fsp3) is 0.533. The van der Waals surface area contributed by atoms with E-state index in [-0.39, 0.29) is 16.3 Å². The summed E-state index contributed by atoms with van der Waals surface area (Å²) in [6, 6.07) is 6.28. The quantitative estimate of drug-likeness (QED) is 0.618. The smallest absolute Gasteiger partial charge is 0.305 e. The molecule has 0 aliphatic heterocycles. The third kappa shape index (κ3) is 4.54. The largest absolute Gasteiger partial charge is 0.466 e. The van der Waals surface area contributed by atoms with E-state index >= 15 is 0 Å². The van der Waals surface area contributed by atoms with Crippen LogP contribution in [0.1, 0.15) is 38.2 Å². The molecule has 0 spiro atoms. The van der Waals surface area contributed by atoms with Crippen molar-refractivity contribution in [3.8, 4) is 0 Å². The van der Waals surface area contributed by atoms with Gasteiger partial charge in [-0.2, -0.15) is 8.42 Å². The van der Waals surface area contributed by atoms with Gasteiger partial charge in [0.25, 0.3) is 10.1 Å². The molecule has 0 radical (unpaired) electrons. The Labute approximate surface area is 125 Å². The van der Waals surface area contributed by atoms with Crippen molar-refractivity contribution in [2.75, 3.05) is 6.61 Å². The minimum absolute atomic E-state index is 0.0898. The molecule has 5 nitrogen and oxygen atoms in total. The van der Waals surface area contributed by atoms with Crippen LogP contribution in [0.2, 0.25) is 0 Å². The predicted molar refractivity (Wildman–Crippen MR) is 77.5 cm³/mol. The predicted octanol–water partition coefficient (Wildman–Crippen LogP) is 2.60. The number of esters is 1. The molecule has 0 unspecified atom stereocenters. The van der Waals surface area contributed by atoms with Gasteiger partial charge in [0.1, 0.15) is 0 Å². The van der Waals surface area contributed by atoms with E-state index in [0.717, 1.165) is 31.2 Å². The van der Waals surface area contributed by atoms with Crippen molar-refractivity contribution >= 4 is 16.1 Å². The molecule has 0 heterocycles. The third-order valence-electron chi connectivity index (χ3n) is 3.94. The average molecular weight is 312 g/mol. The molecule has 0 saturated heterocycles. The van der Waals surface area contributed by atoms with Crippen LogP contribution in [-0.4, -0.2) is 25.5 Å². The molecule has 0 atom stereocenters. The molecular weight excluding hydrogens is 292 g/mol. The molecule has 1 N–H and O–H groups in total. The first kappa shape index (κ1) is 16.0. The number of hydrogen-bond acceptors (Lipinski definition) is 4. The van der Waals surface area contributed by atoms with Gasteiger partial charge in [0, 0.05) is 6.42 Å². The molecule has 0 amide bonds. The van der Waals surface area contributed by atoms with E-state index in [0.29, 0.717) is 13.0 Å². The van der Waals surface area contributed by atoms with Crippen LogP contribution in [0.15, 0.2) is 29.2 Å². The van der Waals surface area contributed by atoms with Gasteiger partial charge in [0.15, 0.2) is 0 Å². The SMILES string of the molecule is CCC(=O)OCCC1(Cc2ccc(S(=O)(=O)O)cc2)CC1. The maximum absolute atomic E-state index is 11.1. The Morgan fingerprint density at radius 2 is 1.90 bits per heavy atom. The summed E-state index contributed by atoms with van der Waals surface area (Å²) in [5.74, 6) is -0.177. The molecule has 1 saturated carbocycles. The van der Waals surface area contributed by atoms with Crippen molar-refractivity contribution < 1.29 is 22.5 Å². The normalized spacial score (nSPS) is 16.5. The van der Waals surface area contributed by atoms with Crippen LogP contribution in [0.5, 0.6) is 0 Å². The molecule has 0 bridgehead atoms. The van der Waals surface area contributed by atoms with E-state index < -0.39 is 10.1 Å². The minimum Gasteiger partial charge on any atom is -0.466 e. The van der Waals surface area contributed by atoms with Crippen LogP contribution < -0.4 is 0 Å². The summed E-state index contributed by atoms with van der Waals surface area (Å²) in [6.07, 6.45) is 4.25. The molecule has 1 aromatic carbocycles. The van der Waals surface area contributed by atoms with E-state index in [2.05, 4.69) is 0 Å². The van der Waals surface area contributed by atoms with Crippen LogP contribution >= 0.6 is 0 Å². The van der Waals surface area contributed by atoms with E-state index in [4.69, 9.17) is 9.29 Å². The Hall–Kier alpha value is -1.40. The Balaban J connectivity index is 1.90. The Bertz CT molecular complexity index is 599. The standard InChI is InChI=1S/C15H20O5S/c1-2-14(16)20-10-9-15(7-8-15)11-12-3-5-13(6-4-12)21(17,18)19/h3-6H,2,7-11H2,1H3,(H,17,18,19). The monoisotopic (exact) mass is 312 g/mol. The molecule has 2 rings (SSSR count). The van der Waals surface area contributed by atoms with Gasteiger partial charge in [0.2, 0.25) is 0 Å². The van der Waals surface area contributed by atoms with Gasteiger partial charge in [0.05, 0.1) is 11.5 Å². The van der Waals surface area contributed by atoms with Gasteiger partial charge >= 0.3 is 5.97 Å². The lowest BCUT2D eigenvalue weighted by Gasteiger charge is -2.15. The highest BCUT2D eigenvalue weighted by Gasteiger charge is 2.42. The second kappa shape index (κ2) is 6.15. The molecule has 1 aliphatic rings. The summed E-state index contributed by atoms with van der Waals surface area (Å²) < 4.78 is 36.0. The number of carbonyl (C=O) groups is 1. The van der Waals surface area contributed by atoms with Gasteiger partial charge in [-0.05, 0) is 48.8 Å². The van der Waals surface area contributed by atoms with Crippen molar-refractivity contribution in [3.05, 3.63) is 29.8 Å². The highest BCUT2D eigenvalue weighted by atomic mass is 32.2. The number of hydrogen-bond donors (Lipinski definition) is 1. The van der Waals surface area contributed by atoms with Crippen LogP contribution in [0.25, 0.3) is 0 Å². The molecule has 116 valence electrons.